The van der Waals surface area contributed by atoms with Crippen molar-refractivity contribution in [3.05, 3.63) is 23.8 Å². The number of amides is 1. The number of nitrogens with two attached hydrogens (primary N) is 1. The molecule has 0 bridgehead atoms. The van der Waals surface area contributed by atoms with Gasteiger partial charge in [0.05, 0.1) is 18.8 Å². The first-order chi connectivity index (χ1) is 8.95. The number of anilines is 2. The molecule has 0 aromatic heterocycles. The molecule has 0 spiro atoms. The molecule has 1 aromatic rings. The molecule has 104 valence electrons. The number of β-amino-alcohol motifs (C(OH)–C–C–N with tert-alkyl or cyclic N) is 2. The monoisotopic (exact) mass is 265 g/mol. The van der Waals surface area contributed by atoms with E-state index in [0.717, 1.165) is 5.56 Å². The number of hydrogen-bond donors (Lipinski definition) is 4. The van der Waals surface area contributed by atoms with Crippen LogP contribution in [-0.4, -0.2) is 52.9 Å². The third-order valence-electron chi connectivity index (χ3n) is 3.24. The van der Waals surface area contributed by atoms with Crippen molar-refractivity contribution in [1.29, 1.82) is 0 Å². The highest BCUT2D eigenvalue weighted by Gasteiger charge is 2.30. The van der Waals surface area contributed by atoms with E-state index in [2.05, 4.69) is 5.32 Å². The summed E-state index contributed by atoms with van der Waals surface area (Å²) in [6.07, 6.45) is -1.55. The van der Waals surface area contributed by atoms with Crippen LogP contribution in [0.4, 0.5) is 11.4 Å². The van der Waals surface area contributed by atoms with E-state index >= 15 is 0 Å². The number of nitrogen functional groups attached to an aromatic ring is 1. The van der Waals surface area contributed by atoms with Gasteiger partial charge in [-0.05, 0) is 24.6 Å². The number of aliphatic hydroxyl groups excluding tert-OH is 2. The summed E-state index contributed by atoms with van der Waals surface area (Å²) in [5, 5.41) is 21.6. The van der Waals surface area contributed by atoms with E-state index in [1.807, 2.05) is 13.0 Å². The largest absolute Gasteiger partial charge is 0.399 e. The molecule has 0 aliphatic carbocycles. The first kappa shape index (κ1) is 13.8. The Balaban J connectivity index is 1.93. The lowest BCUT2D eigenvalue weighted by Crippen LogP contribution is -2.32. The van der Waals surface area contributed by atoms with Crippen LogP contribution in [0.2, 0.25) is 0 Å². The second-order valence-electron chi connectivity index (χ2n) is 4.95. The van der Waals surface area contributed by atoms with Crippen LogP contribution in [0.3, 0.4) is 0 Å². The Bertz CT molecular complexity index is 468. The number of carbonyl (C=O) groups excluding carboxylic acids is 1. The van der Waals surface area contributed by atoms with Gasteiger partial charge in [-0.2, -0.15) is 0 Å². The molecule has 1 amide bonds. The molecule has 19 heavy (non-hydrogen) atoms. The van der Waals surface area contributed by atoms with Crippen LogP contribution in [0, 0.1) is 6.92 Å². The van der Waals surface area contributed by atoms with Crippen LogP contribution >= 0.6 is 0 Å². The number of aliphatic hydroxyl groups is 2. The molecule has 1 aliphatic rings. The van der Waals surface area contributed by atoms with Crippen molar-refractivity contribution in [2.75, 3.05) is 30.7 Å². The molecule has 1 heterocycles. The Labute approximate surface area is 111 Å². The summed E-state index contributed by atoms with van der Waals surface area (Å²) in [6, 6.07) is 5.33. The van der Waals surface area contributed by atoms with Gasteiger partial charge in [-0.15, -0.1) is 0 Å². The average Bonchev–Trinajstić information content (AvgIpc) is 2.63. The quantitative estimate of drug-likeness (QED) is 0.555. The molecule has 2 atom stereocenters. The Hall–Kier alpha value is -1.63. The van der Waals surface area contributed by atoms with E-state index in [1.165, 1.54) is 0 Å². The lowest BCUT2D eigenvalue weighted by Gasteiger charge is -2.15. The number of rotatable bonds is 3. The highest BCUT2D eigenvalue weighted by Crippen LogP contribution is 2.18. The van der Waals surface area contributed by atoms with Crippen molar-refractivity contribution in [2.45, 2.75) is 19.1 Å². The Kier molecular flexibility index (Phi) is 4.04. The number of nitrogens with one attached hydrogen (secondary N) is 1. The number of hydrogen-bond acceptors (Lipinski definition) is 5. The van der Waals surface area contributed by atoms with Gasteiger partial charge < -0.3 is 21.3 Å². The zero-order chi connectivity index (χ0) is 14.0. The first-order valence-corrected chi connectivity index (χ1v) is 6.20. The standard InChI is InChI=1S/C13H19N3O3/c1-8-2-3-9(14)4-10(8)15-13(19)7-16-5-11(17)12(18)6-16/h2-4,11-12,17-18H,5-7,14H2,1H3,(H,15,19). The van der Waals surface area contributed by atoms with Gasteiger partial charge in [-0.25, -0.2) is 0 Å². The molecule has 1 aliphatic heterocycles. The maximum Gasteiger partial charge on any atom is 0.238 e. The van der Waals surface area contributed by atoms with Crippen LogP contribution < -0.4 is 11.1 Å². The number of benzene rings is 1. The van der Waals surface area contributed by atoms with Crippen LogP contribution in [-0.2, 0) is 4.79 Å². The number of aryl methyl sites for hydroxylation is 1. The van der Waals surface area contributed by atoms with Gasteiger partial charge in [0.15, 0.2) is 0 Å². The van der Waals surface area contributed by atoms with Gasteiger partial charge in [-0.1, -0.05) is 6.07 Å². The second-order valence-corrected chi connectivity index (χ2v) is 4.95. The molecule has 2 unspecified atom stereocenters. The zero-order valence-electron chi connectivity index (χ0n) is 10.8. The van der Waals surface area contributed by atoms with E-state index in [-0.39, 0.29) is 12.5 Å². The highest BCUT2D eigenvalue weighted by atomic mass is 16.3. The van der Waals surface area contributed by atoms with Gasteiger partial charge in [0.1, 0.15) is 0 Å². The SMILES string of the molecule is Cc1ccc(N)cc1NC(=O)CN1CC(O)C(O)C1. The van der Waals surface area contributed by atoms with Crippen LogP contribution in [0.1, 0.15) is 5.56 Å². The van der Waals surface area contributed by atoms with Crippen molar-refractivity contribution in [3.63, 3.8) is 0 Å². The summed E-state index contributed by atoms with van der Waals surface area (Å²) < 4.78 is 0. The fraction of sp³-hybridized carbons (Fsp3) is 0.462. The lowest BCUT2D eigenvalue weighted by atomic mass is 10.2. The molecule has 6 heteroatoms. The third-order valence-corrected chi connectivity index (χ3v) is 3.24. The lowest BCUT2D eigenvalue weighted by molar-refractivity contribution is -0.117. The second kappa shape index (κ2) is 5.56. The molecule has 1 aromatic carbocycles. The smallest absolute Gasteiger partial charge is 0.238 e. The van der Waals surface area contributed by atoms with Crippen molar-refractivity contribution < 1.29 is 15.0 Å². The summed E-state index contributed by atoms with van der Waals surface area (Å²) in [4.78, 5) is 13.6. The summed E-state index contributed by atoms with van der Waals surface area (Å²) in [5.41, 5.74) is 7.89. The van der Waals surface area contributed by atoms with Crippen molar-refractivity contribution in [3.8, 4) is 0 Å². The van der Waals surface area contributed by atoms with E-state index in [1.54, 1.807) is 17.0 Å². The average molecular weight is 265 g/mol. The van der Waals surface area contributed by atoms with Gasteiger partial charge in [0.25, 0.3) is 0 Å². The minimum absolute atomic E-state index is 0.141. The summed E-state index contributed by atoms with van der Waals surface area (Å²) in [6.45, 7) is 2.65. The molecule has 6 nitrogen and oxygen atoms in total. The van der Waals surface area contributed by atoms with E-state index < -0.39 is 12.2 Å². The molecule has 1 saturated heterocycles. The predicted molar refractivity (Wildman–Crippen MR) is 72.7 cm³/mol. The normalized spacial score (nSPS) is 23.5. The summed E-state index contributed by atoms with van der Waals surface area (Å²) in [7, 11) is 0. The van der Waals surface area contributed by atoms with Gasteiger partial charge in [0.2, 0.25) is 5.91 Å². The van der Waals surface area contributed by atoms with E-state index in [0.29, 0.717) is 24.5 Å². The van der Waals surface area contributed by atoms with Gasteiger partial charge in [0, 0.05) is 24.5 Å². The molecular weight excluding hydrogens is 246 g/mol. The first-order valence-electron chi connectivity index (χ1n) is 6.20. The van der Waals surface area contributed by atoms with Gasteiger partial charge >= 0.3 is 0 Å². The van der Waals surface area contributed by atoms with Crippen LogP contribution in [0.5, 0.6) is 0 Å². The molecule has 5 N–H and O–H groups in total. The number of carbonyl (C=O) groups is 1. The topological polar surface area (TPSA) is 98.8 Å². The Morgan fingerprint density at radius 1 is 1.42 bits per heavy atom. The third kappa shape index (κ3) is 3.44. The molecule has 0 saturated carbocycles. The summed E-state index contributed by atoms with van der Waals surface area (Å²) >= 11 is 0. The maximum atomic E-state index is 11.9. The Morgan fingerprint density at radius 3 is 2.68 bits per heavy atom. The van der Waals surface area contributed by atoms with Gasteiger partial charge in [-0.3, -0.25) is 9.69 Å². The number of likely N-dealkylation sites (tertiary alicyclic amines) is 1. The molecule has 2 rings (SSSR count). The molecule has 1 fully saturated rings. The highest BCUT2D eigenvalue weighted by molar-refractivity contribution is 5.93. The predicted octanol–water partition coefficient (Wildman–Crippen LogP) is -0.447. The molecular formula is C13H19N3O3. The van der Waals surface area contributed by atoms with E-state index in [9.17, 15) is 15.0 Å². The maximum absolute atomic E-state index is 11.9. The minimum Gasteiger partial charge on any atom is -0.399 e. The fourth-order valence-electron chi connectivity index (χ4n) is 2.14. The minimum atomic E-state index is -0.776. The number of nitrogens with zero attached hydrogens (tertiary/aromatic N) is 1. The zero-order valence-corrected chi connectivity index (χ0v) is 10.8. The van der Waals surface area contributed by atoms with Crippen molar-refractivity contribution >= 4 is 17.3 Å². The fourth-order valence-corrected chi connectivity index (χ4v) is 2.14. The van der Waals surface area contributed by atoms with Crippen LogP contribution in [0.15, 0.2) is 18.2 Å². The van der Waals surface area contributed by atoms with Crippen molar-refractivity contribution in [2.24, 2.45) is 0 Å². The Morgan fingerprint density at radius 2 is 2.05 bits per heavy atom. The van der Waals surface area contributed by atoms with Crippen molar-refractivity contribution in [1.82, 2.24) is 4.90 Å². The van der Waals surface area contributed by atoms with Crippen LogP contribution in [0.25, 0.3) is 0 Å². The van der Waals surface area contributed by atoms with E-state index in [4.69, 9.17) is 5.73 Å². The molecule has 0 radical (unpaired) electrons. The summed E-state index contributed by atoms with van der Waals surface area (Å²) in [5.74, 6) is -0.185.